The summed E-state index contributed by atoms with van der Waals surface area (Å²) >= 11 is 0. The molecule has 14 heteroatoms. The first-order valence-electron chi connectivity index (χ1n) is 13.2. The molecule has 0 amide bonds. The molecule has 4 aromatic heterocycles. The van der Waals surface area contributed by atoms with E-state index in [4.69, 9.17) is 19.4 Å². The Hall–Kier alpha value is -4.07. The van der Waals surface area contributed by atoms with Gasteiger partial charge in [0.2, 0.25) is 11.8 Å². The largest absolute Gasteiger partial charge is 0.474 e. The zero-order valence-corrected chi connectivity index (χ0v) is 21.8. The minimum absolute atomic E-state index is 0.0314. The molecule has 2 N–H and O–H groups in total. The van der Waals surface area contributed by atoms with Gasteiger partial charge in [-0.3, -0.25) is 4.98 Å². The average Bonchev–Trinajstić information content (AvgIpc) is 3.40. The number of aryl methyl sites for hydroxylation is 1. The quantitative estimate of drug-likeness (QED) is 0.358. The second kappa shape index (κ2) is 10.8. The second-order valence-corrected chi connectivity index (χ2v) is 9.96. The van der Waals surface area contributed by atoms with Gasteiger partial charge in [0.25, 0.3) is 0 Å². The van der Waals surface area contributed by atoms with Gasteiger partial charge in [-0.15, -0.1) is 10.2 Å². The number of ether oxygens (including phenoxy) is 2. The van der Waals surface area contributed by atoms with Crippen LogP contribution in [0.3, 0.4) is 0 Å². The Balaban J connectivity index is 1.19. The fraction of sp³-hybridized carbons (Fsp3) is 0.462. The summed E-state index contributed by atoms with van der Waals surface area (Å²) in [6.45, 7) is 4.57. The Labute approximate surface area is 227 Å². The van der Waals surface area contributed by atoms with Gasteiger partial charge < -0.3 is 24.7 Å². The molecule has 1 aliphatic heterocycles. The van der Waals surface area contributed by atoms with E-state index in [0.29, 0.717) is 30.7 Å². The van der Waals surface area contributed by atoms with E-state index in [9.17, 15) is 13.2 Å². The molecule has 40 heavy (non-hydrogen) atoms. The van der Waals surface area contributed by atoms with Crippen molar-refractivity contribution in [3.63, 3.8) is 0 Å². The summed E-state index contributed by atoms with van der Waals surface area (Å²) in [4.78, 5) is 22.6. The first-order chi connectivity index (χ1) is 19.3. The summed E-state index contributed by atoms with van der Waals surface area (Å²) in [6.07, 6.45) is 1.77. The molecule has 4 aromatic rings. The van der Waals surface area contributed by atoms with Gasteiger partial charge in [0.1, 0.15) is 17.7 Å². The number of aromatic nitrogens is 7. The molecule has 0 atom stereocenters. The van der Waals surface area contributed by atoms with Crippen LogP contribution in [0.15, 0.2) is 30.7 Å². The number of morpholine rings is 1. The Morgan fingerprint density at radius 3 is 2.42 bits per heavy atom. The smallest absolute Gasteiger partial charge is 0.419 e. The first kappa shape index (κ1) is 26.2. The van der Waals surface area contributed by atoms with Crippen molar-refractivity contribution in [2.75, 3.05) is 36.5 Å². The Morgan fingerprint density at radius 2 is 1.75 bits per heavy atom. The van der Waals surface area contributed by atoms with E-state index in [0.717, 1.165) is 73.5 Å². The van der Waals surface area contributed by atoms with E-state index in [1.165, 1.54) is 0 Å². The molecule has 6 rings (SSSR count). The van der Waals surface area contributed by atoms with E-state index in [1.807, 2.05) is 19.1 Å². The molecular weight excluding hydrogens is 527 g/mol. The molecule has 0 spiro atoms. The standard InChI is InChI=1S/C26H28F3N9O2/c1-15-33-23(37-36-15)16-10-20-21(30-12-16)11-22(38-6-8-39-9-7-38)35-24(20)40-19-4-2-18(3-5-19)34-25-31-13-17(14-32-25)26(27,28)29/h10-14,18-19H,2-9H2,1H3,(H,31,32,34)(H,33,36,37)/t18-,19+. The number of hydrogen-bond donors (Lipinski definition) is 2. The number of H-pyrrole nitrogens is 1. The van der Waals surface area contributed by atoms with Crippen LogP contribution in [0.2, 0.25) is 0 Å². The van der Waals surface area contributed by atoms with Gasteiger partial charge >= 0.3 is 6.18 Å². The topological polar surface area (TPSA) is 127 Å². The number of aromatic amines is 1. The highest BCUT2D eigenvalue weighted by atomic mass is 19.4. The molecule has 1 saturated carbocycles. The number of nitrogens with one attached hydrogen (secondary N) is 2. The highest BCUT2D eigenvalue weighted by molar-refractivity contribution is 5.88. The van der Waals surface area contributed by atoms with Gasteiger partial charge in [0, 0.05) is 49.4 Å². The van der Waals surface area contributed by atoms with Crippen LogP contribution >= 0.6 is 0 Å². The molecule has 0 unspecified atom stereocenters. The lowest BCUT2D eigenvalue weighted by atomic mass is 9.93. The number of pyridine rings is 2. The van der Waals surface area contributed by atoms with E-state index in [-0.39, 0.29) is 18.1 Å². The van der Waals surface area contributed by atoms with Crippen molar-refractivity contribution in [1.82, 2.24) is 35.1 Å². The maximum Gasteiger partial charge on any atom is 0.419 e. The minimum atomic E-state index is -4.46. The number of rotatable bonds is 6. The molecule has 5 heterocycles. The summed E-state index contributed by atoms with van der Waals surface area (Å²) < 4.78 is 50.4. The third-order valence-electron chi connectivity index (χ3n) is 7.10. The van der Waals surface area contributed by atoms with Gasteiger partial charge in [-0.2, -0.15) is 18.2 Å². The number of anilines is 2. The fourth-order valence-corrected chi connectivity index (χ4v) is 4.94. The molecule has 0 bridgehead atoms. The Bertz CT molecular complexity index is 1460. The molecule has 210 valence electrons. The summed E-state index contributed by atoms with van der Waals surface area (Å²) in [7, 11) is 0. The predicted molar refractivity (Wildman–Crippen MR) is 140 cm³/mol. The van der Waals surface area contributed by atoms with Crippen molar-refractivity contribution in [2.24, 2.45) is 0 Å². The average molecular weight is 556 g/mol. The van der Waals surface area contributed by atoms with Crippen LogP contribution in [0.25, 0.3) is 22.3 Å². The van der Waals surface area contributed by atoms with Crippen LogP contribution in [0.4, 0.5) is 24.9 Å². The number of halogens is 3. The van der Waals surface area contributed by atoms with Crippen molar-refractivity contribution < 1.29 is 22.6 Å². The van der Waals surface area contributed by atoms with Gasteiger partial charge in [0.15, 0.2) is 5.82 Å². The van der Waals surface area contributed by atoms with Crippen LogP contribution in [0.1, 0.15) is 37.1 Å². The Morgan fingerprint density at radius 1 is 1.00 bits per heavy atom. The van der Waals surface area contributed by atoms with Gasteiger partial charge in [0.05, 0.1) is 29.7 Å². The lowest BCUT2D eigenvalue weighted by Crippen LogP contribution is -2.37. The zero-order valence-electron chi connectivity index (χ0n) is 21.8. The van der Waals surface area contributed by atoms with Gasteiger partial charge in [-0.05, 0) is 38.7 Å². The van der Waals surface area contributed by atoms with Crippen molar-refractivity contribution in [2.45, 2.75) is 50.9 Å². The summed E-state index contributed by atoms with van der Waals surface area (Å²) in [5, 5.41) is 12.2. The van der Waals surface area contributed by atoms with E-state index in [1.54, 1.807) is 6.20 Å². The van der Waals surface area contributed by atoms with Crippen molar-refractivity contribution in [3.05, 3.63) is 42.1 Å². The highest BCUT2D eigenvalue weighted by Gasteiger charge is 2.31. The Kier molecular flexibility index (Phi) is 7.09. The molecule has 0 aromatic carbocycles. The lowest BCUT2D eigenvalue weighted by Gasteiger charge is -2.31. The molecule has 1 saturated heterocycles. The maximum absolute atomic E-state index is 12.8. The monoisotopic (exact) mass is 555 g/mol. The lowest BCUT2D eigenvalue weighted by molar-refractivity contribution is -0.138. The van der Waals surface area contributed by atoms with E-state index in [2.05, 4.69) is 35.4 Å². The minimum Gasteiger partial charge on any atom is -0.474 e. The summed E-state index contributed by atoms with van der Waals surface area (Å²) in [5.74, 6) is 2.81. The normalized spacial score (nSPS) is 20.1. The molecule has 2 fully saturated rings. The second-order valence-electron chi connectivity index (χ2n) is 9.96. The summed E-state index contributed by atoms with van der Waals surface area (Å²) in [5.41, 5.74) is 0.676. The predicted octanol–water partition coefficient (Wildman–Crippen LogP) is 4.17. The van der Waals surface area contributed by atoms with Gasteiger partial charge in [-0.1, -0.05) is 0 Å². The number of fused-ring (bicyclic) bond motifs is 1. The first-order valence-corrected chi connectivity index (χ1v) is 13.2. The van der Waals surface area contributed by atoms with Crippen LogP contribution < -0.4 is 15.0 Å². The molecule has 1 aliphatic carbocycles. The van der Waals surface area contributed by atoms with Crippen LogP contribution in [0, 0.1) is 6.92 Å². The fourth-order valence-electron chi connectivity index (χ4n) is 4.94. The highest BCUT2D eigenvalue weighted by Crippen LogP contribution is 2.33. The van der Waals surface area contributed by atoms with Crippen molar-refractivity contribution >= 4 is 22.7 Å². The number of hydrogen-bond acceptors (Lipinski definition) is 10. The number of alkyl halides is 3. The van der Waals surface area contributed by atoms with E-state index < -0.39 is 11.7 Å². The maximum atomic E-state index is 12.8. The zero-order chi connectivity index (χ0) is 27.7. The van der Waals surface area contributed by atoms with Crippen LogP contribution in [0.5, 0.6) is 5.88 Å². The molecule has 2 aliphatic rings. The summed E-state index contributed by atoms with van der Waals surface area (Å²) in [6, 6.07) is 3.96. The van der Waals surface area contributed by atoms with Crippen molar-refractivity contribution in [1.29, 1.82) is 0 Å². The molecule has 11 nitrogen and oxygen atoms in total. The van der Waals surface area contributed by atoms with Gasteiger partial charge in [-0.25, -0.2) is 9.97 Å². The SMILES string of the molecule is Cc1nnc(-c2cnc3cc(N4CCOCC4)nc(O[C@H]4CC[C@@H](Nc5ncc(C(F)(F)F)cn5)CC4)c3c2)[nH]1. The van der Waals surface area contributed by atoms with Crippen molar-refractivity contribution in [3.8, 4) is 17.3 Å². The van der Waals surface area contributed by atoms with Crippen LogP contribution in [-0.4, -0.2) is 73.6 Å². The third-order valence-corrected chi connectivity index (χ3v) is 7.10. The molecular formula is C26H28F3N9O2. The number of nitrogens with zero attached hydrogens (tertiary/aromatic N) is 7. The van der Waals surface area contributed by atoms with E-state index >= 15 is 0 Å². The molecule has 0 radical (unpaired) electrons. The third kappa shape index (κ3) is 5.76. The van der Waals surface area contributed by atoms with Crippen LogP contribution in [-0.2, 0) is 10.9 Å².